The summed E-state index contributed by atoms with van der Waals surface area (Å²) < 4.78 is 0. The summed E-state index contributed by atoms with van der Waals surface area (Å²) in [6.07, 6.45) is 4.70. The molecule has 1 aliphatic carbocycles. The van der Waals surface area contributed by atoms with Gasteiger partial charge in [-0.05, 0) is 48.6 Å². The Balaban J connectivity index is 1.47. The molecule has 29 heavy (non-hydrogen) atoms. The molecule has 3 aromatic rings. The maximum Gasteiger partial charge on any atom is 0.225 e. The molecular weight excluding hydrogens is 364 g/mol. The zero-order valence-electron chi connectivity index (χ0n) is 15.8. The summed E-state index contributed by atoms with van der Waals surface area (Å²) in [5, 5.41) is 6.31. The first kappa shape index (κ1) is 18.4. The quantitative estimate of drug-likeness (QED) is 0.403. The number of hydrogen-bond acceptors (Lipinski definition) is 4. The number of benzene rings is 2. The van der Waals surface area contributed by atoms with Crippen LogP contribution in [0.15, 0.2) is 70.9 Å². The van der Waals surface area contributed by atoms with Gasteiger partial charge < -0.3 is 22.1 Å². The molecule has 0 aliphatic heterocycles. The normalized spacial score (nSPS) is 13.8. The van der Waals surface area contributed by atoms with Gasteiger partial charge in [0.15, 0.2) is 5.82 Å². The molecule has 4 rings (SSSR count). The van der Waals surface area contributed by atoms with Crippen molar-refractivity contribution >= 4 is 34.9 Å². The van der Waals surface area contributed by atoms with E-state index in [2.05, 4.69) is 36.7 Å². The average Bonchev–Trinajstić information content (AvgIpc) is 3.19. The van der Waals surface area contributed by atoms with Gasteiger partial charge in [-0.15, -0.1) is 0 Å². The van der Waals surface area contributed by atoms with E-state index in [9.17, 15) is 0 Å². The van der Waals surface area contributed by atoms with Crippen molar-refractivity contribution in [2.75, 3.05) is 10.6 Å². The maximum atomic E-state index is 6.02. The van der Waals surface area contributed by atoms with Crippen LogP contribution >= 0.6 is 0 Å². The van der Waals surface area contributed by atoms with E-state index >= 15 is 0 Å². The van der Waals surface area contributed by atoms with Gasteiger partial charge >= 0.3 is 0 Å². The van der Waals surface area contributed by atoms with Gasteiger partial charge in [0.1, 0.15) is 12.1 Å². The number of nitrogens with two attached hydrogens (primary N) is 2. The van der Waals surface area contributed by atoms with Crippen molar-refractivity contribution < 1.29 is 0 Å². The van der Waals surface area contributed by atoms with E-state index < -0.39 is 0 Å². The average molecular weight is 386 g/mol. The van der Waals surface area contributed by atoms with Crippen LogP contribution in [0.5, 0.6) is 0 Å². The van der Waals surface area contributed by atoms with Crippen molar-refractivity contribution in [2.24, 2.45) is 21.5 Å². The van der Waals surface area contributed by atoms with Crippen molar-refractivity contribution in [3.63, 3.8) is 0 Å². The van der Waals surface area contributed by atoms with E-state index in [-0.39, 0.29) is 11.9 Å². The molecule has 0 saturated carbocycles. The fourth-order valence-electron chi connectivity index (χ4n) is 3.31. The zero-order chi connectivity index (χ0) is 20.1. The van der Waals surface area contributed by atoms with Crippen LogP contribution in [0.25, 0.3) is 0 Å². The number of aromatic nitrogens is 2. The molecule has 0 spiro atoms. The number of rotatable bonds is 4. The van der Waals surface area contributed by atoms with Crippen molar-refractivity contribution in [3.8, 4) is 0 Å². The summed E-state index contributed by atoms with van der Waals surface area (Å²) in [5.41, 5.74) is 16.5. The van der Waals surface area contributed by atoms with Crippen LogP contribution in [0.1, 0.15) is 17.5 Å². The molecule has 146 valence electrons. The van der Waals surface area contributed by atoms with Crippen molar-refractivity contribution in [2.45, 2.75) is 19.3 Å². The molecular formula is C21H22N8. The number of fused-ring (bicyclic) bond motifs is 1. The third-order valence-electron chi connectivity index (χ3n) is 4.57. The molecule has 0 amide bonds. The Kier molecular flexibility index (Phi) is 5.33. The minimum atomic E-state index is 0.00642. The topological polar surface area (TPSA) is 127 Å². The Hall–Kier alpha value is -3.94. The third-order valence-corrected chi connectivity index (χ3v) is 4.57. The highest BCUT2D eigenvalue weighted by Gasteiger charge is 2.14. The lowest BCUT2D eigenvalue weighted by atomic mass is 10.1. The summed E-state index contributed by atoms with van der Waals surface area (Å²) in [7, 11) is 0. The summed E-state index contributed by atoms with van der Waals surface area (Å²) in [6, 6.07) is 17.5. The highest BCUT2D eigenvalue weighted by molar-refractivity contribution is 6.01. The number of hydrogen-bond donors (Lipinski definition) is 4. The largest absolute Gasteiger partial charge is 0.369 e. The van der Waals surface area contributed by atoms with E-state index in [1.165, 1.54) is 17.5 Å². The van der Waals surface area contributed by atoms with Crippen LogP contribution in [-0.2, 0) is 12.8 Å². The minimum Gasteiger partial charge on any atom is -0.369 e. The Morgan fingerprint density at radius 2 is 1.83 bits per heavy atom. The molecule has 8 heteroatoms. The van der Waals surface area contributed by atoms with Gasteiger partial charge in [0.05, 0.1) is 0 Å². The van der Waals surface area contributed by atoms with E-state index in [1.807, 2.05) is 42.5 Å². The summed E-state index contributed by atoms with van der Waals surface area (Å²) in [4.78, 5) is 16.6. The van der Waals surface area contributed by atoms with E-state index in [1.54, 1.807) is 6.07 Å². The second kappa shape index (κ2) is 8.39. The van der Waals surface area contributed by atoms with Gasteiger partial charge in [0.2, 0.25) is 11.9 Å². The first-order valence-electron chi connectivity index (χ1n) is 9.37. The summed E-state index contributed by atoms with van der Waals surface area (Å²) in [5.74, 6) is 1.18. The third kappa shape index (κ3) is 4.67. The van der Waals surface area contributed by atoms with Gasteiger partial charge in [-0.1, -0.05) is 30.3 Å². The van der Waals surface area contributed by atoms with Crippen molar-refractivity contribution in [1.82, 2.24) is 9.97 Å². The highest BCUT2D eigenvalue weighted by Crippen LogP contribution is 2.28. The van der Waals surface area contributed by atoms with Gasteiger partial charge in [-0.25, -0.2) is 9.97 Å². The molecule has 2 aromatic carbocycles. The lowest BCUT2D eigenvalue weighted by Gasteiger charge is -2.10. The SMILES string of the molecule is NC(=Nc1cc(Nc2ccccc2)ncn1)/N=C(\N)Nc1cccc2c1CCC2. The molecule has 1 aliphatic rings. The fraction of sp³-hybridized carbons (Fsp3) is 0.143. The highest BCUT2D eigenvalue weighted by atomic mass is 15.2. The van der Waals surface area contributed by atoms with Gasteiger partial charge in [0.25, 0.3) is 0 Å². The first-order chi connectivity index (χ1) is 14.2. The van der Waals surface area contributed by atoms with Crippen LogP contribution in [-0.4, -0.2) is 21.9 Å². The minimum absolute atomic E-state index is 0.00642. The molecule has 8 nitrogen and oxygen atoms in total. The Morgan fingerprint density at radius 1 is 0.966 bits per heavy atom. The molecule has 6 N–H and O–H groups in total. The number of anilines is 3. The Bertz CT molecular complexity index is 1060. The van der Waals surface area contributed by atoms with Gasteiger partial charge in [-0.3, -0.25) is 0 Å². The lowest BCUT2D eigenvalue weighted by molar-refractivity contribution is 0.912. The summed E-state index contributed by atoms with van der Waals surface area (Å²) in [6.45, 7) is 0. The summed E-state index contributed by atoms with van der Waals surface area (Å²) >= 11 is 0. The second-order valence-electron chi connectivity index (χ2n) is 6.64. The molecule has 0 radical (unpaired) electrons. The van der Waals surface area contributed by atoms with Gasteiger partial charge in [0, 0.05) is 17.4 Å². The Morgan fingerprint density at radius 3 is 2.69 bits per heavy atom. The molecule has 0 bridgehead atoms. The molecule has 1 heterocycles. The Labute approximate surface area is 168 Å². The second-order valence-corrected chi connectivity index (χ2v) is 6.64. The lowest BCUT2D eigenvalue weighted by Crippen LogP contribution is -2.26. The van der Waals surface area contributed by atoms with Crippen molar-refractivity contribution in [1.29, 1.82) is 0 Å². The smallest absolute Gasteiger partial charge is 0.225 e. The first-order valence-corrected chi connectivity index (χ1v) is 9.37. The van der Waals surface area contributed by atoms with E-state index in [0.29, 0.717) is 11.6 Å². The van der Waals surface area contributed by atoms with Crippen LogP contribution < -0.4 is 22.1 Å². The number of para-hydroxylation sites is 1. The van der Waals surface area contributed by atoms with Crippen LogP contribution in [0.3, 0.4) is 0 Å². The van der Waals surface area contributed by atoms with E-state index in [0.717, 1.165) is 30.6 Å². The maximum absolute atomic E-state index is 6.02. The molecule has 0 atom stereocenters. The predicted octanol–water partition coefficient (Wildman–Crippen LogP) is 3.08. The molecule has 0 saturated heterocycles. The van der Waals surface area contributed by atoms with E-state index in [4.69, 9.17) is 11.5 Å². The van der Waals surface area contributed by atoms with Gasteiger partial charge in [-0.2, -0.15) is 9.98 Å². The van der Waals surface area contributed by atoms with Crippen LogP contribution in [0.2, 0.25) is 0 Å². The number of aliphatic imine (C=N–C) groups is 2. The fourth-order valence-corrected chi connectivity index (χ4v) is 3.31. The molecule has 0 fully saturated rings. The standard InChI is InChI=1S/C21H22N8/c22-20(27-17-11-5-7-14-6-4-10-16(14)17)29-21(23)28-19-12-18(24-13-25-19)26-15-8-2-1-3-9-15/h1-3,5,7-9,11-13H,4,6,10H2,(H6,22,23,24,25,26,27,28,29). The number of guanidine groups is 2. The molecule has 1 aromatic heterocycles. The van der Waals surface area contributed by atoms with Crippen LogP contribution in [0, 0.1) is 0 Å². The number of aryl methyl sites for hydroxylation is 1. The number of nitrogens with zero attached hydrogens (tertiary/aromatic N) is 4. The van der Waals surface area contributed by atoms with Crippen LogP contribution in [0.4, 0.5) is 23.0 Å². The van der Waals surface area contributed by atoms with Crippen molar-refractivity contribution in [3.05, 3.63) is 72.1 Å². The number of nitrogens with one attached hydrogen (secondary N) is 2. The monoisotopic (exact) mass is 386 g/mol. The molecule has 0 unspecified atom stereocenters. The predicted molar refractivity (Wildman–Crippen MR) is 117 cm³/mol. The zero-order valence-corrected chi connectivity index (χ0v) is 15.8.